The molecule has 1 fully saturated rings. The van der Waals surface area contributed by atoms with Crippen LogP contribution in [-0.2, 0) is 9.59 Å². The lowest BCUT2D eigenvalue weighted by Gasteiger charge is -2.28. The molecule has 0 aromatic rings. The van der Waals surface area contributed by atoms with Crippen molar-refractivity contribution >= 4 is 12.1 Å². The molecule has 1 aliphatic rings. The zero-order valence-corrected chi connectivity index (χ0v) is 5.46. The minimum absolute atomic E-state index is 0.180. The van der Waals surface area contributed by atoms with Crippen LogP contribution in [0.25, 0.3) is 0 Å². The summed E-state index contributed by atoms with van der Waals surface area (Å²) in [4.78, 5) is 20.6. The van der Waals surface area contributed by atoms with Crippen molar-refractivity contribution in [2.45, 2.75) is 19.8 Å². The lowest BCUT2D eigenvalue weighted by molar-refractivity contribution is -0.127. The van der Waals surface area contributed by atoms with E-state index in [4.69, 9.17) is 0 Å². The smallest absolute Gasteiger partial charge is 0.132 e. The van der Waals surface area contributed by atoms with Crippen molar-refractivity contribution in [2.75, 3.05) is 0 Å². The first-order valence-corrected chi connectivity index (χ1v) is 3.19. The second-order valence-electron chi connectivity index (χ2n) is 2.68. The summed E-state index contributed by atoms with van der Waals surface area (Å²) in [5, 5.41) is 0. The van der Waals surface area contributed by atoms with Gasteiger partial charge in [-0.3, -0.25) is 4.79 Å². The van der Waals surface area contributed by atoms with Gasteiger partial charge in [-0.25, -0.2) is 0 Å². The first-order chi connectivity index (χ1) is 4.24. The molecule has 1 rings (SSSR count). The van der Waals surface area contributed by atoms with E-state index < -0.39 is 0 Å². The Morgan fingerprint density at radius 1 is 1.56 bits per heavy atom. The summed E-state index contributed by atoms with van der Waals surface area (Å²) in [5.74, 6) is 0.604. The number of Topliss-reactive ketones (excluding diaryl/α,β-unsaturated/α-hetero) is 1. The van der Waals surface area contributed by atoms with E-state index in [2.05, 4.69) is 0 Å². The van der Waals surface area contributed by atoms with Crippen molar-refractivity contribution in [1.82, 2.24) is 0 Å². The molecule has 1 aliphatic carbocycles. The molecule has 50 valence electrons. The molecule has 9 heavy (non-hydrogen) atoms. The second-order valence-corrected chi connectivity index (χ2v) is 2.68. The Balaban J connectivity index is 2.26. The van der Waals surface area contributed by atoms with Gasteiger partial charge in [0.2, 0.25) is 0 Å². The van der Waals surface area contributed by atoms with Crippen LogP contribution in [0.15, 0.2) is 0 Å². The fourth-order valence-electron chi connectivity index (χ4n) is 1.10. The van der Waals surface area contributed by atoms with Crippen LogP contribution in [0, 0.1) is 11.8 Å². The largest absolute Gasteiger partial charge is 0.303 e. The zero-order valence-electron chi connectivity index (χ0n) is 5.46. The van der Waals surface area contributed by atoms with Crippen LogP contribution in [0.4, 0.5) is 0 Å². The van der Waals surface area contributed by atoms with E-state index in [1.54, 1.807) is 6.92 Å². The highest BCUT2D eigenvalue weighted by Gasteiger charge is 2.31. The third-order valence-electron chi connectivity index (χ3n) is 1.94. The SMILES string of the molecule is CC(=O)C1CC(C=O)C1. The van der Waals surface area contributed by atoms with Gasteiger partial charge >= 0.3 is 0 Å². The standard InChI is InChI=1S/C7H10O2/c1-5(9)7-2-6(3-7)4-8/h4,6-7H,2-3H2,1H3. The topological polar surface area (TPSA) is 34.1 Å². The molecule has 0 bridgehead atoms. The highest BCUT2D eigenvalue weighted by Crippen LogP contribution is 2.32. The van der Waals surface area contributed by atoms with Crippen LogP contribution >= 0.6 is 0 Å². The highest BCUT2D eigenvalue weighted by atomic mass is 16.1. The minimum atomic E-state index is 0.180. The summed E-state index contributed by atoms with van der Waals surface area (Å²) in [6, 6.07) is 0. The van der Waals surface area contributed by atoms with E-state index in [9.17, 15) is 9.59 Å². The Hall–Kier alpha value is -0.660. The fraction of sp³-hybridized carbons (Fsp3) is 0.714. The maximum absolute atomic E-state index is 10.6. The minimum Gasteiger partial charge on any atom is -0.303 e. The van der Waals surface area contributed by atoms with Gasteiger partial charge in [-0.2, -0.15) is 0 Å². The van der Waals surface area contributed by atoms with E-state index >= 15 is 0 Å². The second kappa shape index (κ2) is 2.29. The van der Waals surface area contributed by atoms with Gasteiger partial charge in [-0.1, -0.05) is 0 Å². The molecule has 0 amide bonds. The van der Waals surface area contributed by atoms with Crippen molar-refractivity contribution in [2.24, 2.45) is 11.8 Å². The van der Waals surface area contributed by atoms with Crippen molar-refractivity contribution in [3.8, 4) is 0 Å². The Bertz CT molecular complexity index is 134. The molecule has 2 heteroatoms. The van der Waals surface area contributed by atoms with Crippen LogP contribution < -0.4 is 0 Å². The fourth-order valence-corrected chi connectivity index (χ4v) is 1.10. The maximum atomic E-state index is 10.6. The monoisotopic (exact) mass is 126 g/mol. The van der Waals surface area contributed by atoms with Crippen LogP contribution in [0.2, 0.25) is 0 Å². The summed E-state index contributed by atoms with van der Waals surface area (Å²) in [7, 11) is 0. The van der Waals surface area contributed by atoms with Gasteiger partial charge in [-0.15, -0.1) is 0 Å². The Morgan fingerprint density at radius 2 is 2.11 bits per heavy atom. The average molecular weight is 126 g/mol. The summed E-state index contributed by atoms with van der Waals surface area (Å²) in [6.07, 6.45) is 2.52. The van der Waals surface area contributed by atoms with Gasteiger partial charge in [0, 0.05) is 11.8 Å². The number of hydrogen-bond acceptors (Lipinski definition) is 2. The molecule has 0 atom stereocenters. The van der Waals surface area contributed by atoms with E-state index in [1.165, 1.54) is 0 Å². The third-order valence-corrected chi connectivity index (χ3v) is 1.94. The predicted octanol–water partition coefficient (Wildman–Crippen LogP) is 0.800. The molecule has 0 heterocycles. The lowest BCUT2D eigenvalue weighted by Crippen LogP contribution is -2.29. The molecule has 0 aliphatic heterocycles. The highest BCUT2D eigenvalue weighted by molar-refractivity contribution is 5.80. The first-order valence-electron chi connectivity index (χ1n) is 3.19. The predicted molar refractivity (Wildman–Crippen MR) is 33.0 cm³/mol. The lowest BCUT2D eigenvalue weighted by atomic mass is 9.74. The van der Waals surface area contributed by atoms with Gasteiger partial charge < -0.3 is 4.79 Å². The van der Waals surface area contributed by atoms with Crippen molar-refractivity contribution in [1.29, 1.82) is 0 Å². The molecular weight excluding hydrogens is 116 g/mol. The van der Waals surface area contributed by atoms with Gasteiger partial charge in [0.05, 0.1) is 0 Å². The van der Waals surface area contributed by atoms with Gasteiger partial charge in [0.25, 0.3) is 0 Å². The molecule has 0 spiro atoms. The van der Waals surface area contributed by atoms with Crippen LogP contribution in [0.5, 0.6) is 0 Å². The Morgan fingerprint density at radius 3 is 2.44 bits per heavy atom. The van der Waals surface area contributed by atoms with Gasteiger partial charge in [0.15, 0.2) is 0 Å². The molecular formula is C7H10O2. The molecule has 0 radical (unpaired) electrons. The Labute approximate surface area is 54.2 Å². The van der Waals surface area contributed by atoms with E-state index in [-0.39, 0.29) is 17.6 Å². The zero-order chi connectivity index (χ0) is 6.85. The molecule has 0 unspecified atom stereocenters. The summed E-state index contributed by atoms with van der Waals surface area (Å²) < 4.78 is 0. The van der Waals surface area contributed by atoms with Gasteiger partial charge in [-0.05, 0) is 19.8 Å². The van der Waals surface area contributed by atoms with Crippen LogP contribution in [0.3, 0.4) is 0 Å². The number of rotatable bonds is 2. The normalized spacial score (nSPS) is 33.0. The summed E-state index contributed by atoms with van der Waals surface area (Å²) >= 11 is 0. The molecule has 0 saturated heterocycles. The third kappa shape index (κ3) is 1.18. The van der Waals surface area contributed by atoms with E-state index in [1.807, 2.05) is 0 Å². The average Bonchev–Trinajstić information content (AvgIpc) is 1.61. The molecule has 2 nitrogen and oxygen atoms in total. The molecule has 0 N–H and O–H groups in total. The number of aldehydes is 1. The molecule has 0 aromatic heterocycles. The van der Waals surface area contributed by atoms with Crippen molar-refractivity contribution in [3.05, 3.63) is 0 Å². The molecule has 1 saturated carbocycles. The van der Waals surface area contributed by atoms with Crippen molar-refractivity contribution < 1.29 is 9.59 Å². The van der Waals surface area contributed by atoms with Crippen molar-refractivity contribution in [3.63, 3.8) is 0 Å². The van der Waals surface area contributed by atoms with E-state index in [0.717, 1.165) is 19.1 Å². The Kier molecular flexibility index (Phi) is 1.65. The van der Waals surface area contributed by atoms with Crippen LogP contribution in [-0.4, -0.2) is 12.1 Å². The number of carbonyl (C=O) groups is 2. The summed E-state index contributed by atoms with van der Waals surface area (Å²) in [5.41, 5.74) is 0. The van der Waals surface area contributed by atoms with E-state index in [0.29, 0.717) is 0 Å². The first kappa shape index (κ1) is 6.46. The maximum Gasteiger partial charge on any atom is 0.132 e. The number of hydrogen-bond donors (Lipinski definition) is 0. The number of carbonyl (C=O) groups excluding carboxylic acids is 2. The van der Waals surface area contributed by atoms with Gasteiger partial charge in [0.1, 0.15) is 12.1 Å². The number of ketones is 1. The van der Waals surface area contributed by atoms with Crippen LogP contribution in [0.1, 0.15) is 19.8 Å². The molecule has 0 aromatic carbocycles. The quantitative estimate of drug-likeness (QED) is 0.513. The summed E-state index contributed by atoms with van der Waals surface area (Å²) in [6.45, 7) is 1.59.